The summed E-state index contributed by atoms with van der Waals surface area (Å²) in [5.74, 6) is 3.66. The van der Waals surface area contributed by atoms with Gasteiger partial charge in [-0.2, -0.15) is 0 Å². The lowest BCUT2D eigenvalue weighted by atomic mass is 9.53. The van der Waals surface area contributed by atoms with Gasteiger partial charge in [-0.25, -0.2) is 0 Å². The molecule has 1 atom stereocenters. The second-order valence-corrected chi connectivity index (χ2v) is 11.2. The lowest BCUT2D eigenvalue weighted by molar-refractivity contribution is -0.116. The van der Waals surface area contributed by atoms with Gasteiger partial charge in [0.15, 0.2) is 5.17 Å². The molecule has 4 nitrogen and oxygen atoms in total. The molecule has 1 aliphatic heterocycles. The van der Waals surface area contributed by atoms with E-state index in [4.69, 9.17) is 16.6 Å². The van der Waals surface area contributed by atoms with Crippen LogP contribution in [0.4, 0.5) is 5.69 Å². The number of anilines is 1. The molecule has 1 N–H and O–H groups in total. The number of aryl methyl sites for hydroxylation is 1. The molecule has 1 saturated heterocycles. The fourth-order valence-electron chi connectivity index (χ4n) is 6.39. The maximum Gasteiger partial charge on any atom is 0.226 e. The zero-order valence-corrected chi connectivity index (χ0v) is 20.1. The second-order valence-electron chi connectivity index (χ2n) is 9.85. The number of carbonyl (C=O) groups is 1. The van der Waals surface area contributed by atoms with Crippen molar-refractivity contribution < 1.29 is 4.79 Å². The minimum absolute atomic E-state index is 0. The zero-order chi connectivity index (χ0) is 20.2. The Hall–Kier alpha value is -0.910. The largest absolute Gasteiger partial charge is 0.350 e. The number of benzene rings is 1. The molecule has 4 bridgehead atoms. The molecule has 164 valence electrons. The van der Waals surface area contributed by atoms with Crippen molar-refractivity contribution in [3.8, 4) is 0 Å². The smallest absolute Gasteiger partial charge is 0.226 e. The van der Waals surface area contributed by atoms with Crippen molar-refractivity contribution in [1.29, 1.82) is 0 Å². The number of amides is 1. The maximum atomic E-state index is 12.6. The fraction of sp³-hybridized carbons (Fsp3) is 0.652. The normalized spacial score (nSPS) is 35.6. The highest BCUT2D eigenvalue weighted by Crippen LogP contribution is 2.57. The topological polar surface area (TPSA) is 44.7 Å². The Balaban J connectivity index is 0.00000218. The minimum atomic E-state index is 0. The standard InChI is InChI=1S/C23H30ClN3OS.ClH/c1-14-3-4-20(19(24)5-14)25-21(28)9-18-13-29-22(27(18)2)26-23-10-15-6-16(11-23)8-17(7-15)12-23;/h3-5,15-18H,6-13H2,1-2H3,(H,25,28);1H. The number of nitrogens with zero attached hydrogens (tertiary/aromatic N) is 2. The highest BCUT2D eigenvalue weighted by Gasteiger charge is 2.51. The van der Waals surface area contributed by atoms with Crippen molar-refractivity contribution in [1.82, 2.24) is 4.90 Å². The van der Waals surface area contributed by atoms with Crippen LogP contribution in [0.5, 0.6) is 0 Å². The third kappa shape index (κ3) is 4.35. The molecule has 5 aliphatic rings. The van der Waals surface area contributed by atoms with Gasteiger partial charge in [0, 0.05) is 25.3 Å². The van der Waals surface area contributed by atoms with E-state index >= 15 is 0 Å². The summed E-state index contributed by atoms with van der Waals surface area (Å²) in [4.78, 5) is 20.2. The zero-order valence-electron chi connectivity index (χ0n) is 17.7. The Morgan fingerprint density at radius 2 is 1.87 bits per heavy atom. The number of hydrogen-bond donors (Lipinski definition) is 1. The van der Waals surface area contributed by atoms with Crippen molar-refractivity contribution in [2.75, 3.05) is 18.1 Å². The van der Waals surface area contributed by atoms with Crippen molar-refractivity contribution in [2.24, 2.45) is 22.7 Å². The van der Waals surface area contributed by atoms with Gasteiger partial charge >= 0.3 is 0 Å². The number of aliphatic imine (C=N–C) groups is 1. The number of halogens is 2. The summed E-state index contributed by atoms with van der Waals surface area (Å²) < 4.78 is 0. The Labute approximate surface area is 195 Å². The van der Waals surface area contributed by atoms with Crippen LogP contribution in [0.1, 0.15) is 50.5 Å². The van der Waals surface area contributed by atoms with Gasteiger partial charge in [0.2, 0.25) is 5.91 Å². The van der Waals surface area contributed by atoms with E-state index in [0.717, 1.165) is 34.2 Å². The second kappa shape index (κ2) is 8.55. The molecular formula is C23H31Cl2N3OS. The lowest BCUT2D eigenvalue weighted by Crippen LogP contribution is -2.50. The molecule has 1 unspecified atom stereocenters. The van der Waals surface area contributed by atoms with Crippen LogP contribution >= 0.6 is 35.8 Å². The SMILES string of the molecule is Cc1ccc(NC(=O)CC2CSC(=NC34CC5CC(CC(C5)C3)C4)N2C)c(Cl)c1.Cl. The van der Waals surface area contributed by atoms with Crippen LogP contribution in [0.3, 0.4) is 0 Å². The average Bonchev–Trinajstić information content (AvgIpc) is 2.96. The van der Waals surface area contributed by atoms with Gasteiger partial charge in [-0.05, 0) is 80.9 Å². The minimum Gasteiger partial charge on any atom is -0.350 e. The summed E-state index contributed by atoms with van der Waals surface area (Å²) in [6, 6.07) is 5.92. The number of thioether (sulfide) groups is 1. The molecule has 0 spiro atoms. The van der Waals surface area contributed by atoms with Gasteiger partial charge in [0.05, 0.1) is 16.2 Å². The number of rotatable bonds is 4. The Morgan fingerprint density at radius 1 is 1.23 bits per heavy atom. The van der Waals surface area contributed by atoms with Crippen LogP contribution < -0.4 is 5.32 Å². The highest BCUT2D eigenvalue weighted by molar-refractivity contribution is 8.14. The van der Waals surface area contributed by atoms with E-state index in [1.54, 1.807) is 0 Å². The Kier molecular flexibility index (Phi) is 6.36. The highest BCUT2D eigenvalue weighted by atomic mass is 35.5. The van der Waals surface area contributed by atoms with Crippen molar-refractivity contribution in [3.05, 3.63) is 28.8 Å². The summed E-state index contributed by atoms with van der Waals surface area (Å²) >= 11 is 8.10. The lowest BCUT2D eigenvalue weighted by Gasteiger charge is -2.55. The number of amidine groups is 1. The predicted octanol–water partition coefficient (Wildman–Crippen LogP) is 5.77. The summed E-state index contributed by atoms with van der Waals surface area (Å²) in [7, 11) is 2.11. The molecule has 30 heavy (non-hydrogen) atoms. The summed E-state index contributed by atoms with van der Waals surface area (Å²) in [5.41, 5.74) is 1.97. The van der Waals surface area contributed by atoms with Gasteiger partial charge in [0.1, 0.15) is 0 Å². The molecule has 1 amide bonds. The third-order valence-electron chi connectivity index (χ3n) is 7.41. The van der Waals surface area contributed by atoms with E-state index in [2.05, 4.69) is 17.3 Å². The third-order valence-corrected chi connectivity index (χ3v) is 8.91. The monoisotopic (exact) mass is 467 g/mol. The first kappa shape index (κ1) is 22.3. The van der Waals surface area contributed by atoms with Gasteiger partial charge in [-0.15, -0.1) is 12.4 Å². The first-order valence-corrected chi connectivity index (χ1v) is 12.3. The Bertz CT molecular complexity index is 824. The van der Waals surface area contributed by atoms with Gasteiger partial charge in [-0.1, -0.05) is 29.4 Å². The van der Waals surface area contributed by atoms with Crippen molar-refractivity contribution >= 4 is 52.5 Å². The van der Waals surface area contributed by atoms with E-state index in [1.165, 1.54) is 38.5 Å². The van der Waals surface area contributed by atoms with Gasteiger partial charge < -0.3 is 10.2 Å². The van der Waals surface area contributed by atoms with E-state index in [1.807, 2.05) is 36.9 Å². The molecule has 1 aromatic rings. The quantitative estimate of drug-likeness (QED) is 0.610. The summed E-state index contributed by atoms with van der Waals surface area (Å²) in [5, 5.41) is 4.72. The van der Waals surface area contributed by atoms with E-state index in [0.29, 0.717) is 17.1 Å². The van der Waals surface area contributed by atoms with Crippen LogP contribution in [0.15, 0.2) is 23.2 Å². The molecule has 4 aliphatic carbocycles. The molecule has 4 saturated carbocycles. The predicted molar refractivity (Wildman–Crippen MR) is 129 cm³/mol. The summed E-state index contributed by atoms with van der Waals surface area (Å²) in [6.07, 6.45) is 8.65. The van der Waals surface area contributed by atoms with E-state index < -0.39 is 0 Å². The van der Waals surface area contributed by atoms with Crippen LogP contribution in [-0.2, 0) is 4.79 Å². The van der Waals surface area contributed by atoms with E-state index in [-0.39, 0.29) is 29.9 Å². The Morgan fingerprint density at radius 3 is 2.47 bits per heavy atom. The number of hydrogen-bond acceptors (Lipinski definition) is 3. The molecule has 6 rings (SSSR count). The fourth-order valence-corrected chi connectivity index (χ4v) is 7.97. The maximum absolute atomic E-state index is 12.6. The van der Waals surface area contributed by atoms with Crippen LogP contribution in [0.25, 0.3) is 0 Å². The van der Waals surface area contributed by atoms with Gasteiger partial charge in [-0.3, -0.25) is 9.79 Å². The molecule has 1 aromatic carbocycles. The number of carbonyl (C=O) groups excluding carboxylic acids is 1. The van der Waals surface area contributed by atoms with Crippen molar-refractivity contribution in [3.63, 3.8) is 0 Å². The van der Waals surface area contributed by atoms with Crippen LogP contribution in [-0.4, -0.2) is 40.4 Å². The average molecular weight is 468 g/mol. The van der Waals surface area contributed by atoms with Crippen LogP contribution in [0, 0.1) is 24.7 Å². The van der Waals surface area contributed by atoms with Crippen molar-refractivity contribution in [2.45, 2.75) is 63.5 Å². The first-order valence-electron chi connectivity index (χ1n) is 10.9. The first-order chi connectivity index (χ1) is 13.9. The molecule has 5 fully saturated rings. The molecular weight excluding hydrogens is 437 g/mol. The molecule has 0 aromatic heterocycles. The molecule has 0 radical (unpaired) electrons. The molecule has 7 heteroatoms. The summed E-state index contributed by atoms with van der Waals surface area (Å²) in [6.45, 7) is 1.99. The molecule has 1 heterocycles. The van der Waals surface area contributed by atoms with Crippen LogP contribution in [0.2, 0.25) is 5.02 Å². The van der Waals surface area contributed by atoms with Gasteiger partial charge in [0.25, 0.3) is 0 Å². The van der Waals surface area contributed by atoms with E-state index in [9.17, 15) is 4.79 Å². The number of nitrogens with one attached hydrogen (secondary N) is 1.